The molecule has 39 heavy (non-hydrogen) atoms. The van der Waals surface area contributed by atoms with Gasteiger partial charge >= 0.3 is 0 Å². The Bertz CT molecular complexity index is 1290. The Hall–Kier alpha value is -3.11. The van der Waals surface area contributed by atoms with Crippen LogP contribution in [0.5, 0.6) is 17.2 Å². The van der Waals surface area contributed by atoms with Crippen LogP contribution in [0.15, 0.2) is 65.6 Å². The van der Waals surface area contributed by atoms with Gasteiger partial charge in [0.2, 0.25) is 10.0 Å². The Morgan fingerprint density at radius 3 is 2.05 bits per heavy atom. The first-order valence-corrected chi connectivity index (χ1v) is 14.4. The standard InChI is InChI=1S/C30H39NO7S/c1-7-36-27-18-25(30(29(23(27)4)37-8-2)38-21-24-12-10-9-11-13-24)19-31(20-28(34-5)35-6)39(32,33)26-16-14-22(3)15-17-26/h9-18,28H,7-8,19-21H2,1-6H3. The highest BCUT2D eigenvalue weighted by Gasteiger charge is 2.30. The van der Waals surface area contributed by atoms with Crippen LogP contribution in [-0.4, -0.2) is 53.0 Å². The lowest BCUT2D eigenvalue weighted by molar-refractivity contribution is -0.108. The maximum absolute atomic E-state index is 13.9. The SMILES string of the molecule is CCOc1cc(CN(CC(OC)OC)S(=O)(=O)c2ccc(C)cc2)c(OCc2ccccc2)c(OCC)c1C. The van der Waals surface area contributed by atoms with Gasteiger partial charge < -0.3 is 23.7 Å². The zero-order valence-corrected chi connectivity index (χ0v) is 24.4. The van der Waals surface area contributed by atoms with Gasteiger partial charge in [-0.1, -0.05) is 48.0 Å². The summed E-state index contributed by atoms with van der Waals surface area (Å²) in [6.45, 7) is 8.67. The summed E-state index contributed by atoms with van der Waals surface area (Å²) in [5.74, 6) is 1.60. The summed E-state index contributed by atoms with van der Waals surface area (Å²) in [6, 6.07) is 18.3. The number of hydrogen-bond acceptors (Lipinski definition) is 7. The summed E-state index contributed by atoms with van der Waals surface area (Å²) >= 11 is 0. The van der Waals surface area contributed by atoms with Gasteiger partial charge in [0.25, 0.3) is 0 Å². The smallest absolute Gasteiger partial charge is 0.243 e. The third kappa shape index (κ3) is 7.73. The first kappa shape index (κ1) is 30.4. The molecule has 212 valence electrons. The fourth-order valence-electron chi connectivity index (χ4n) is 4.10. The predicted octanol–water partition coefficient (Wildman–Crippen LogP) is 5.49. The van der Waals surface area contributed by atoms with E-state index in [2.05, 4.69) is 0 Å². The second-order valence-electron chi connectivity index (χ2n) is 8.97. The van der Waals surface area contributed by atoms with Crippen molar-refractivity contribution in [3.8, 4) is 17.2 Å². The van der Waals surface area contributed by atoms with Gasteiger partial charge in [-0.25, -0.2) is 8.42 Å². The highest BCUT2D eigenvalue weighted by atomic mass is 32.2. The van der Waals surface area contributed by atoms with Gasteiger partial charge in [-0.2, -0.15) is 4.31 Å². The highest BCUT2D eigenvalue weighted by molar-refractivity contribution is 7.89. The third-order valence-corrected chi connectivity index (χ3v) is 8.04. The molecule has 3 aromatic rings. The van der Waals surface area contributed by atoms with E-state index < -0.39 is 16.3 Å². The van der Waals surface area contributed by atoms with E-state index in [4.69, 9.17) is 23.7 Å². The highest BCUT2D eigenvalue weighted by Crippen LogP contribution is 2.42. The van der Waals surface area contributed by atoms with Crippen molar-refractivity contribution in [3.63, 3.8) is 0 Å². The lowest BCUT2D eigenvalue weighted by Gasteiger charge is -2.28. The molecule has 0 heterocycles. The van der Waals surface area contributed by atoms with E-state index in [1.54, 1.807) is 24.3 Å². The lowest BCUT2D eigenvalue weighted by atomic mass is 10.1. The molecule has 0 saturated carbocycles. The quantitative estimate of drug-likeness (QED) is 0.229. The van der Waals surface area contributed by atoms with Crippen molar-refractivity contribution in [1.29, 1.82) is 0 Å². The van der Waals surface area contributed by atoms with E-state index in [1.807, 2.05) is 64.1 Å². The first-order valence-electron chi connectivity index (χ1n) is 13.0. The van der Waals surface area contributed by atoms with E-state index in [1.165, 1.54) is 18.5 Å². The predicted molar refractivity (Wildman–Crippen MR) is 151 cm³/mol. The molecule has 0 fully saturated rings. The number of aryl methyl sites for hydroxylation is 1. The van der Waals surface area contributed by atoms with Crippen LogP contribution >= 0.6 is 0 Å². The van der Waals surface area contributed by atoms with Crippen molar-refractivity contribution in [2.75, 3.05) is 34.0 Å². The van der Waals surface area contributed by atoms with Crippen molar-refractivity contribution in [3.05, 3.63) is 82.9 Å². The normalized spacial score (nSPS) is 11.7. The molecule has 0 aromatic heterocycles. The monoisotopic (exact) mass is 557 g/mol. The molecule has 9 heteroatoms. The minimum absolute atomic E-state index is 0.0238. The Kier molecular flexibility index (Phi) is 11.2. The average Bonchev–Trinajstić information content (AvgIpc) is 2.94. The minimum atomic E-state index is -3.94. The van der Waals surface area contributed by atoms with Gasteiger partial charge in [0.1, 0.15) is 12.4 Å². The fraction of sp³-hybridized carbons (Fsp3) is 0.400. The molecule has 0 spiro atoms. The number of methoxy groups -OCH3 is 2. The van der Waals surface area contributed by atoms with Crippen LogP contribution in [0, 0.1) is 13.8 Å². The van der Waals surface area contributed by atoms with Crippen LogP contribution in [0.2, 0.25) is 0 Å². The van der Waals surface area contributed by atoms with Gasteiger partial charge in [-0.3, -0.25) is 0 Å². The Balaban J connectivity index is 2.14. The van der Waals surface area contributed by atoms with Crippen molar-refractivity contribution >= 4 is 10.0 Å². The molecule has 0 aliphatic carbocycles. The third-order valence-electron chi connectivity index (χ3n) is 6.21. The summed E-state index contributed by atoms with van der Waals surface area (Å²) in [5.41, 5.74) is 3.32. The maximum Gasteiger partial charge on any atom is 0.243 e. The topological polar surface area (TPSA) is 83.5 Å². The van der Waals surface area contributed by atoms with Gasteiger partial charge in [-0.05, 0) is 51.5 Å². The molecular formula is C30H39NO7S. The fourth-order valence-corrected chi connectivity index (χ4v) is 5.50. The molecule has 0 N–H and O–H groups in total. The van der Waals surface area contributed by atoms with Crippen molar-refractivity contribution in [2.45, 2.75) is 52.0 Å². The van der Waals surface area contributed by atoms with Crippen molar-refractivity contribution < 1.29 is 32.1 Å². The number of rotatable bonds is 15. The molecule has 0 radical (unpaired) electrons. The number of benzene rings is 3. The second kappa shape index (κ2) is 14.3. The summed E-state index contributed by atoms with van der Waals surface area (Å²) in [4.78, 5) is 0.174. The summed E-state index contributed by atoms with van der Waals surface area (Å²) < 4.78 is 58.2. The molecule has 0 aliphatic rings. The Morgan fingerprint density at radius 2 is 1.46 bits per heavy atom. The molecule has 0 aliphatic heterocycles. The van der Waals surface area contributed by atoms with Crippen LogP contribution in [0.1, 0.15) is 36.1 Å². The molecule has 0 saturated heterocycles. The molecule has 0 bridgehead atoms. The van der Waals surface area contributed by atoms with E-state index in [0.717, 1.165) is 16.7 Å². The summed E-state index contributed by atoms with van der Waals surface area (Å²) in [5, 5.41) is 0. The Morgan fingerprint density at radius 1 is 0.821 bits per heavy atom. The molecule has 3 aromatic carbocycles. The molecule has 3 rings (SSSR count). The number of hydrogen-bond donors (Lipinski definition) is 0. The van der Waals surface area contributed by atoms with E-state index >= 15 is 0 Å². The maximum atomic E-state index is 13.9. The summed E-state index contributed by atoms with van der Waals surface area (Å²) in [7, 11) is -0.984. The van der Waals surface area contributed by atoms with Crippen LogP contribution in [-0.2, 0) is 32.6 Å². The van der Waals surface area contributed by atoms with Gasteiger partial charge in [0, 0.05) is 31.9 Å². The Labute approximate surface area is 232 Å². The largest absolute Gasteiger partial charge is 0.493 e. The van der Waals surface area contributed by atoms with Gasteiger partial charge in [0.05, 0.1) is 24.7 Å². The van der Waals surface area contributed by atoms with E-state index in [0.29, 0.717) is 36.0 Å². The molecule has 8 nitrogen and oxygen atoms in total. The minimum Gasteiger partial charge on any atom is -0.493 e. The van der Waals surface area contributed by atoms with Crippen LogP contribution in [0.4, 0.5) is 0 Å². The van der Waals surface area contributed by atoms with E-state index in [9.17, 15) is 8.42 Å². The van der Waals surface area contributed by atoms with Crippen molar-refractivity contribution in [2.24, 2.45) is 0 Å². The van der Waals surface area contributed by atoms with Gasteiger partial charge in [0.15, 0.2) is 17.8 Å². The van der Waals surface area contributed by atoms with Crippen molar-refractivity contribution in [1.82, 2.24) is 4.31 Å². The van der Waals surface area contributed by atoms with Crippen LogP contribution in [0.25, 0.3) is 0 Å². The number of nitrogens with zero attached hydrogens (tertiary/aromatic N) is 1. The molecule has 0 unspecified atom stereocenters. The number of ether oxygens (including phenoxy) is 5. The summed E-state index contributed by atoms with van der Waals surface area (Å²) in [6.07, 6.45) is -0.776. The first-order chi connectivity index (χ1) is 18.7. The van der Waals surface area contributed by atoms with Gasteiger partial charge in [-0.15, -0.1) is 0 Å². The second-order valence-corrected chi connectivity index (χ2v) is 10.9. The molecule has 0 atom stereocenters. The molecular weight excluding hydrogens is 518 g/mol. The van der Waals surface area contributed by atoms with E-state index in [-0.39, 0.29) is 24.6 Å². The van der Waals surface area contributed by atoms with Crippen LogP contribution in [0.3, 0.4) is 0 Å². The average molecular weight is 558 g/mol. The molecule has 0 amide bonds. The lowest BCUT2D eigenvalue weighted by Crippen LogP contribution is -2.38. The zero-order chi connectivity index (χ0) is 28.4. The zero-order valence-electron chi connectivity index (χ0n) is 23.6. The van der Waals surface area contributed by atoms with Crippen LogP contribution < -0.4 is 14.2 Å². The number of sulfonamides is 1.